The molecule has 0 saturated carbocycles. The molecule has 3 rings (SSSR count). The lowest BCUT2D eigenvalue weighted by Gasteiger charge is -2.12. The van der Waals surface area contributed by atoms with Gasteiger partial charge in [-0.25, -0.2) is 9.50 Å². The molecule has 0 bridgehead atoms. The van der Waals surface area contributed by atoms with Crippen molar-refractivity contribution >= 4 is 21.4 Å². The highest BCUT2D eigenvalue weighted by Gasteiger charge is 2.21. The van der Waals surface area contributed by atoms with Crippen LogP contribution in [0.15, 0.2) is 55.3 Å². The summed E-state index contributed by atoms with van der Waals surface area (Å²) in [5.41, 5.74) is 0.760. The largest absolute Gasteiger partial charge is 0.493 e. The zero-order chi connectivity index (χ0) is 27.0. The average Bonchev–Trinajstić information content (AvgIpc) is 3.19. The van der Waals surface area contributed by atoms with E-state index in [-0.39, 0.29) is 22.2 Å². The lowest BCUT2D eigenvalue weighted by atomic mass is 10.2. The number of hydrogen-bond acceptors (Lipinski definition) is 9. The third-order valence-corrected chi connectivity index (χ3v) is 6.48. The van der Waals surface area contributed by atoms with Crippen LogP contribution in [-0.4, -0.2) is 47.0 Å². The fraction of sp³-hybridized carbons (Fsp3) is 0.417. The standard InChI is InChI=1S/C24H31N7O5S/c1-6-10-14-25-30-36-21(8-3)29-37(33,34)17-12-13-19(35-9-4)18(15-17)23-27-24(32)22-16(5)26-20(11-7-2)31(22)28-23/h8,12-13,15H,3,6-7,9-11,14H2,1-2,4-5H3,(H,27,28,32)/b29-21+,30-25?. The van der Waals surface area contributed by atoms with Crippen molar-refractivity contribution in [1.29, 1.82) is 0 Å². The van der Waals surface area contributed by atoms with E-state index in [2.05, 4.69) is 36.4 Å². The molecule has 0 fully saturated rings. The van der Waals surface area contributed by atoms with Crippen LogP contribution >= 0.6 is 0 Å². The summed E-state index contributed by atoms with van der Waals surface area (Å²) in [6.07, 6.45) is 4.30. The van der Waals surface area contributed by atoms with Gasteiger partial charge in [0.1, 0.15) is 11.6 Å². The summed E-state index contributed by atoms with van der Waals surface area (Å²) in [7, 11) is -4.25. The molecule has 12 nitrogen and oxygen atoms in total. The maximum atomic E-state index is 13.1. The summed E-state index contributed by atoms with van der Waals surface area (Å²) in [5, 5.41) is 11.9. The third-order valence-electron chi connectivity index (χ3n) is 5.21. The second-order valence-corrected chi connectivity index (χ2v) is 9.62. The average molecular weight is 530 g/mol. The molecule has 3 aromatic rings. The van der Waals surface area contributed by atoms with E-state index in [9.17, 15) is 13.2 Å². The summed E-state index contributed by atoms with van der Waals surface area (Å²) in [6, 6.07) is 4.16. The molecule has 0 saturated heterocycles. The van der Waals surface area contributed by atoms with E-state index >= 15 is 0 Å². The number of aromatic nitrogens is 4. The summed E-state index contributed by atoms with van der Waals surface area (Å²) in [4.78, 5) is 24.9. The van der Waals surface area contributed by atoms with Crippen molar-refractivity contribution < 1.29 is 18.0 Å². The highest BCUT2D eigenvalue weighted by molar-refractivity contribution is 7.90. The first kappa shape index (κ1) is 27.7. The number of imidazole rings is 1. The van der Waals surface area contributed by atoms with Crippen LogP contribution in [0, 0.1) is 6.92 Å². The third kappa shape index (κ3) is 6.47. The maximum Gasteiger partial charge on any atom is 0.285 e. The Bertz CT molecular complexity index is 1490. The molecule has 1 aromatic carbocycles. The summed E-state index contributed by atoms with van der Waals surface area (Å²) >= 11 is 0. The Kier molecular flexibility index (Phi) is 9.28. The number of unbranched alkanes of at least 4 members (excludes halogenated alkanes) is 1. The lowest BCUT2D eigenvalue weighted by molar-refractivity contribution is 0.294. The van der Waals surface area contributed by atoms with Crippen LogP contribution in [0.4, 0.5) is 0 Å². The van der Waals surface area contributed by atoms with E-state index in [0.717, 1.165) is 25.3 Å². The predicted molar refractivity (Wildman–Crippen MR) is 139 cm³/mol. The van der Waals surface area contributed by atoms with E-state index in [1.54, 1.807) is 13.8 Å². The Balaban J connectivity index is 2.09. The van der Waals surface area contributed by atoms with E-state index in [4.69, 9.17) is 9.57 Å². The van der Waals surface area contributed by atoms with Gasteiger partial charge in [-0.2, -0.15) is 13.5 Å². The second kappa shape index (κ2) is 12.4. The van der Waals surface area contributed by atoms with Gasteiger partial charge in [0.2, 0.25) is 0 Å². The zero-order valence-corrected chi connectivity index (χ0v) is 22.2. The van der Waals surface area contributed by atoms with E-state index in [1.807, 2.05) is 13.8 Å². The first-order valence-corrected chi connectivity index (χ1v) is 13.5. The van der Waals surface area contributed by atoms with Gasteiger partial charge in [-0.3, -0.25) is 4.79 Å². The molecule has 198 valence electrons. The topological polar surface area (TPSA) is 153 Å². The van der Waals surface area contributed by atoms with E-state index in [0.29, 0.717) is 42.4 Å². The van der Waals surface area contributed by atoms with E-state index < -0.39 is 15.6 Å². The van der Waals surface area contributed by atoms with Gasteiger partial charge < -0.3 is 14.6 Å². The minimum Gasteiger partial charge on any atom is -0.493 e. The Hall–Kier alpha value is -3.87. The lowest BCUT2D eigenvalue weighted by Crippen LogP contribution is -2.16. The smallest absolute Gasteiger partial charge is 0.285 e. The molecule has 0 spiro atoms. The molecule has 0 aliphatic carbocycles. The van der Waals surface area contributed by atoms with Crippen molar-refractivity contribution in [2.45, 2.75) is 58.3 Å². The fourth-order valence-corrected chi connectivity index (χ4v) is 4.44. The van der Waals surface area contributed by atoms with E-state index in [1.165, 1.54) is 22.7 Å². The van der Waals surface area contributed by atoms with Crippen LogP contribution in [0.2, 0.25) is 0 Å². The molecule has 0 aliphatic rings. The highest BCUT2D eigenvalue weighted by Crippen LogP contribution is 2.31. The summed E-state index contributed by atoms with van der Waals surface area (Å²) < 4.78 is 37.0. The minimum atomic E-state index is -4.25. The predicted octanol–water partition coefficient (Wildman–Crippen LogP) is 4.20. The Morgan fingerprint density at radius 1 is 1.24 bits per heavy atom. The number of aromatic amines is 1. The number of nitrogens with zero attached hydrogens (tertiary/aromatic N) is 6. The molecular weight excluding hydrogens is 498 g/mol. The molecule has 2 aromatic heterocycles. The SMILES string of the molecule is C=C/C(=N\S(=O)(=O)c1ccc(OCC)c(-c2nn3c(CCC)nc(C)c3c(=O)[nH]2)c1)ON=NCCCC. The molecule has 13 heteroatoms. The van der Waals surface area contributed by atoms with Crippen LogP contribution < -0.4 is 10.3 Å². The van der Waals surface area contributed by atoms with Crippen molar-refractivity contribution in [3.05, 3.63) is 52.7 Å². The minimum absolute atomic E-state index is 0.127. The molecule has 0 atom stereocenters. The number of hydrogen-bond donors (Lipinski definition) is 1. The monoisotopic (exact) mass is 529 g/mol. The summed E-state index contributed by atoms with van der Waals surface area (Å²) in [6.45, 7) is 11.8. The van der Waals surface area contributed by atoms with Crippen molar-refractivity contribution in [2.24, 2.45) is 14.8 Å². The number of nitrogens with one attached hydrogen (secondary N) is 1. The maximum absolute atomic E-state index is 13.1. The van der Waals surface area contributed by atoms with Gasteiger partial charge in [-0.05, 0) is 51.0 Å². The van der Waals surface area contributed by atoms with Crippen LogP contribution in [0.25, 0.3) is 16.9 Å². The van der Waals surface area contributed by atoms with Gasteiger partial charge in [-0.15, -0.1) is 9.50 Å². The van der Waals surface area contributed by atoms with Crippen LogP contribution in [0.5, 0.6) is 5.75 Å². The second-order valence-electron chi connectivity index (χ2n) is 8.02. The molecule has 37 heavy (non-hydrogen) atoms. The van der Waals surface area contributed by atoms with Gasteiger partial charge in [0.15, 0.2) is 11.3 Å². The van der Waals surface area contributed by atoms with Gasteiger partial charge in [-0.1, -0.05) is 26.8 Å². The number of H-pyrrole nitrogens is 1. The number of rotatable bonds is 12. The molecule has 1 N–H and O–H groups in total. The van der Waals surface area contributed by atoms with Crippen LogP contribution in [0.3, 0.4) is 0 Å². The van der Waals surface area contributed by atoms with Gasteiger partial charge in [0.05, 0.1) is 29.3 Å². The van der Waals surface area contributed by atoms with Gasteiger partial charge in [0.25, 0.3) is 21.5 Å². The Morgan fingerprint density at radius 2 is 2.03 bits per heavy atom. The van der Waals surface area contributed by atoms with Crippen molar-refractivity contribution in [1.82, 2.24) is 19.6 Å². The number of aryl methyl sites for hydroxylation is 2. The van der Waals surface area contributed by atoms with Crippen molar-refractivity contribution in [3.63, 3.8) is 0 Å². The molecule has 2 heterocycles. The molecule has 0 amide bonds. The number of fused-ring (bicyclic) bond motifs is 1. The molecule has 0 radical (unpaired) electrons. The first-order chi connectivity index (χ1) is 17.7. The number of ether oxygens (including phenoxy) is 1. The van der Waals surface area contributed by atoms with Crippen molar-refractivity contribution in [3.8, 4) is 17.1 Å². The normalized spacial score (nSPS) is 12.4. The highest BCUT2D eigenvalue weighted by atomic mass is 32.2. The van der Waals surface area contributed by atoms with Crippen LogP contribution in [0.1, 0.15) is 51.6 Å². The summed E-state index contributed by atoms with van der Waals surface area (Å²) in [5.74, 6) is 0.768. The number of sulfonamides is 1. The van der Waals surface area contributed by atoms with Gasteiger partial charge in [0, 0.05) is 11.7 Å². The zero-order valence-electron chi connectivity index (χ0n) is 21.4. The van der Waals surface area contributed by atoms with Crippen molar-refractivity contribution in [2.75, 3.05) is 13.2 Å². The van der Waals surface area contributed by atoms with Gasteiger partial charge >= 0.3 is 0 Å². The number of benzene rings is 1. The Morgan fingerprint density at radius 3 is 2.70 bits per heavy atom. The first-order valence-electron chi connectivity index (χ1n) is 12.0. The molecular formula is C24H31N7O5S. The molecule has 0 aliphatic heterocycles. The quantitative estimate of drug-likeness (QED) is 0.121. The molecule has 0 unspecified atom stereocenters. The fourth-order valence-electron chi connectivity index (χ4n) is 3.48. The Labute approximate surface area is 215 Å². The van der Waals surface area contributed by atoms with Crippen LogP contribution in [-0.2, 0) is 21.3 Å².